The van der Waals surface area contributed by atoms with E-state index in [2.05, 4.69) is 5.10 Å². The van der Waals surface area contributed by atoms with Gasteiger partial charge >= 0.3 is 5.76 Å². The largest absolute Gasteiger partial charge is 0.490 e. The Kier molecular flexibility index (Phi) is 5.41. The van der Waals surface area contributed by atoms with Gasteiger partial charge in [-0.15, -0.1) is 5.10 Å². The van der Waals surface area contributed by atoms with Crippen molar-refractivity contribution in [1.82, 2.24) is 9.78 Å². The summed E-state index contributed by atoms with van der Waals surface area (Å²) in [5.41, 5.74) is 3.56. The van der Waals surface area contributed by atoms with E-state index in [1.807, 2.05) is 32.9 Å². The number of aliphatic hydroxyl groups excluding tert-OH is 1. The molecule has 0 aliphatic rings. The molecule has 1 N–H and O–H groups in total. The van der Waals surface area contributed by atoms with Crippen LogP contribution in [0.15, 0.2) is 45.6 Å². The Morgan fingerprint density at radius 1 is 1.15 bits per heavy atom. The molecule has 1 unspecified atom stereocenters. The highest BCUT2D eigenvalue weighted by Gasteiger charge is 2.16. The van der Waals surface area contributed by atoms with E-state index in [1.54, 1.807) is 0 Å². The lowest BCUT2D eigenvalue weighted by Gasteiger charge is -2.16. The maximum Gasteiger partial charge on any atom is 0.437 e. The van der Waals surface area contributed by atoms with Gasteiger partial charge in [-0.25, -0.2) is 9.18 Å². The Hall–Kier alpha value is -2.93. The first kappa shape index (κ1) is 18.8. The molecule has 0 spiro atoms. The first-order chi connectivity index (χ1) is 12.8. The number of rotatable bonds is 6. The second-order valence-electron chi connectivity index (χ2n) is 6.48. The maximum atomic E-state index is 13.0. The first-order valence-corrected chi connectivity index (χ1v) is 8.56. The zero-order valence-electron chi connectivity index (χ0n) is 15.4. The predicted octanol–water partition coefficient (Wildman–Crippen LogP) is 3.01. The molecule has 27 heavy (non-hydrogen) atoms. The fourth-order valence-corrected chi connectivity index (χ4v) is 2.71. The number of halogens is 1. The molecule has 2 aromatic carbocycles. The topological polar surface area (TPSA) is 77.5 Å². The van der Waals surface area contributed by atoms with Crippen LogP contribution >= 0.6 is 0 Å². The molecule has 1 aromatic heterocycles. The van der Waals surface area contributed by atoms with Gasteiger partial charge < -0.3 is 14.3 Å². The zero-order chi connectivity index (χ0) is 19.6. The van der Waals surface area contributed by atoms with Crippen LogP contribution in [0.1, 0.15) is 16.7 Å². The van der Waals surface area contributed by atoms with Gasteiger partial charge in [0.1, 0.15) is 24.3 Å². The standard InChI is InChI=1S/C20H21FN2O4/c1-12-4-5-13(2)18(14(12)3)26-11-17(24)10-23-20(25)27-19(22-23)15-6-8-16(21)9-7-15/h4-9,17,24H,10-11H2,1-3H3. The number of nitrogens with zero attached hydrogens (tertiary/aromatic N) is 2. The van der Waals surface area contributed by atoms with Crippen molar-refractivity contribution in [3.63, 3.8) is 0 Å². The lowest BCUT2D eigenvalue weighted by Crippen LogP contribution is -2.29. The third-order valence-electron chi connectivity index (χ3n) is 4.37. The smallest absolute Gasteiger partial charge is 0.437 e. The number of ether oxygens (including phenoxy) is 1. The van der Waals surface area contributed by atoms with Gasteiger partial charge in [-0.2, -0.15) is 4.68 Å². The van der Waals surface area contributed by atoms with Crippen molar-refractivity contribution in [3.05, 3.63) is 69.5 Å². The fraction of sp³-hybridized carbons (Fsp3) is 0.300. The summed E-state index contributed by atoms with van der Waals surface area (Å²) < 4.78 is 24.9. The Labute approximate surface area is 155 Å². The fourth-order valence-electron chi connectivity index (χ4n) is 2.71. The SMILES string of the molecule is Cc1ccc(C)c(OCC(O)Cn2nc(-c3ccc(F)cc3)oc2=O)c1C. The van der Waals surface area contributed by atoms with Crippen molar-refractivity contribution >= 4 is 0 Å². The molecular weight excluding hydrogens is 351 g/mol. The Bertz CT molecular complexity index is 992. The third-order valence-corrected chi connectivity index (χ3v) is 4.37. The minimum atomic E-state index is -0.951. The van der Waals surface area contributed by atoms with Crippen molar-refractivity contribution in [2.75, 3.05) is 6.61 Å². The normalized spacial score (nSPS) is 12.2. The highest BCUT2D eigenvalue weighted by Crippen LogP contribution is 2.25. The molecule has 6 nitrogen and oxygen atoms in total. The minimum absolute atomic E-state index is 0.0102. The average Bonchev–Trinajstić information content (AvgIpc) is 2.99. The minimum Gasteiger partial charge on any atom is -0.490 e. The van der Waals surface area contributed by atoms with Crippen molar-refractivity contribution in [2.45, 2.75) is 33.4 Å². The van der Waals surface area contributed by atoms with Crippen LogP contribution in [0.2, 0.25) is 0 Å². The quantitative estimate of drug-likeness (QED) is 0.720. The lowest BCUT2D eigenvalue weighted by atomic mass is 10.1. The molecule has 3 aromatic rings. The lowest BCUT2D eigenvalue weighted by molar-refractivity contribution is 0.0869. The molecule has 0 aliphatic heterocycles. The maximum absolute atomic E-state index is 13.0. The van der Waals surface area contributed by atoms with Gasteiger partial charge in [0.25, 0.3) is 0 Å². The zero-order valence-corrected chi connectivity index (χ0v) is 15.4. The van der Waals surface area contributed by atoms with Gasteiger partial charge in [0.05, 0.1) is 6.54 Å². The number of aliphatic hydroxyl groups is 1. The number of aromatic nitrogens is 2. The molecular formula is C20H21FN2O4. The van der Waals surface area contributed by atoms with E-state index in [0.717, 1.165) is 27.1 Å². The number of hydrogen-bond acceptors (Lipinski definition) is 5. The van der Waals surface area contributed by atoms with Crippen molar-refractivity contribution in [1.29, 1.82) is 0 Å². The summed E-state index contributed by atoms with van der Waals surface area (Å²) in [6.45, 7) is 5.82. The molecule has 0 aliphatic carbocycles. The van der Waals surface area contributed by atoms with E-state index in [9.17, 15) is 14.3 Å². The molecule has 0 bridgehead atoms. The molecule has 0 saturated heterocycles. The summed E-state index contributed by atoms with van der Waals surface area (Å²) in [7, 11) is 0. The van der Waals surface area contributed by atoms with E-state index < -0.39 is 17.7 Å². The van der Waals surface area contributed by atoms with Gasteiger partial charge in [-0.05, 0) is 61.7 Å². The molecule has 0 radical (unpaired) electrons. The van der Waals surface area contributed by atoms with Crippen LogP contribution in [0.3, 0.4) is 0 Å². The Morgan fingerprint density at radius 2 is 1.81 bits per heavy atom. The van der Waals surface area contributed by atoms with Crippen LogP contribution in [-0.2, 0) is 6.54 Å². The second kappa shape index (κ2) is 7.75. The summed E-state index contributed by atoms with van der Waals surface area (Å²) in [6.07, 6.45) is -0.951. The summed E-state index contributed by atoms with van der Waals surface area (Å²) in [6, 6.07) is 9.41. The van der Waals surface area contributed by atoms with Gasteiger partial charge in [0, 0.05) is 5.56 Å². The molecule has 7 heteroatoms. The van der Waals surface area contributed by atoms with Crippen molar-refractivity contribution in [2.24, 2.45) is 0 Å². The summed E-state index contributed by atoms with van der Waals surface area (Å²) in [5, 5.41) is 14.3. The van der Waals surface area contributed by atoms with Crippen LogP contribution in [0.5, 0.6) is 5.75 Å². The van der Waals surface area contributed by atoms with E-state index in [1.165, 1.54) is 24.3 Å². The van der Waals surface area contributed by atoms with E-state index >= 15 is 0 Å². The molecule has 1 atom stereocenters. The molecule has 142 valence electrons. The summed E-state index contributed by atoms with van der Waals surface area (Å²) in [5.74, 6) is -0.293. The molecule has 0 amide bonds. The number of aryl methyl sites for hydroxylation is 2. The summed E-state index contributed by atoms with van der Waals surface area (Å²) in [4.78, 5) is 12.0. The van der Waals surface area contributed by atoms with Gasteiger partial charge in [0.2, 0.25) is 5.89 Å². The third kappa shape index (κ3) is 4.25. The second-order valence-corrected chi connectivity index (χ2v) is 6.48. The first-order valence-electron chi connectivity index (χ1n) is 8.56. The highest BCUT2D eigenvalue weighted by atomic mass is 19.1. The van der Waals surface area contributed by atoms with Gasteiger partial charge in [0.15, 0.2) is 0 Å². The highest BCUT2D eigenvalue weighted by molar-refractivity contribution is 5.51. The summed E-state index contributed by atoms with van der Waals surface area (Å²) >= 11 is 0. The monoisotopic (exact) mass is 372 g/mol. The molecule has 3 rings (SSSR count). The molecule has 0 fully saturated rings. The predicted molar refractivity (Wildman–Crippen MR) is 98.3 cm³/mol. The number of hydrogen-bond donors (Lipinski definition) is 1. The average molecular weight is 372 g/mol. The Morgan fingerprint density at radius 3 is 2.52 bits per heavy atom. The van der Waals surface area contributed by atoms with Crippen LogP contribution in [0, 0.1) is 26.6 Å². The van der Waals surface area contributed by atoms with Gasteiger partial charge in [-0.1, -0.05) is 12.1 Å². The van der Waals surface area contributed by atoms with E-state index in [4.69, 9.17) is 9.15 Å². The van der Waals surface area contributed by atoms with Crippen molar-refractivity contribution in [3.8, 4) is 17.2 Å². The van der Waals surface area contributed by atoms with Crippen LogP contribution in [0.4, 0.5) is 4.39 Å². The molecule has 1 heterocycles. The van der Waals surface area contributed by atoms with Gasteiger partial charge in [-0.3, -0.25) is 0 Å². The van der Waals surface area contributed by atoms with E-state index in [-0.39, 0.29) is 19.0 Å². The van der Waals surface area contributed by atoms with Crippen molar-refractivity contribution < 1.29 is 18.7 Å². The molecule has 0 saturated carbocycles. The Balaban J connectivity index is 1.68. The van der Waals surface area contributed by atoms with Crippen LogP contribution in [-0.4, -0.2) is 27.6 Å². The number of benzene rings is 2. The van der Waals surface area contributed by atoms with Crippen LogP contribution < -0.4 is 10.5 Å². The van der Waals surface area contributed by atoms with Crippen LogP contribution in [0.25, 0.3) is 11.5 Å². The van der Waals surface area contributed by atoms with E-state index in [0.29, 0.717) is 5.56 Å².